The molecule has 64 valence electrons. The van der Waals surface area contributed by atoms with Crippen LogP contribution >= 0.6 is 11.6 Å². The van der Waals surface area contributed by atoms with Crippen LogP contribution in [-0.4, -0.2) is 0 Å². The summed E-state index contributed by atoms with van der Waals surface area (Å²) in [6.07, 6.45) is 2.05. The van der Waals surface area contributed by atoms with E-state index in [0.717, 1.165) is 18.4 Å². The molecule has 0 heterocycles. The monoisotopic (exact) mass is 182 g/mol. The van der Waals surface area contributed by atoms with Gasteiger partial charge in [-0.15, -0.1) is 0 Å². The summed E-state index contributed by atoms with van der Waals surface area (Å²) in [6, 6.07) is 5.52. The molecular weight excluding hydrogens is 172 g/mol. The summed E-state index contributed by atoms with van der Waals surface area (Å²) in [5, 5.41) is 0.690. The summed E-state index contributed by atoms with van der Waals surface area (Å²) in [4.78, 5) is 0. The standard InChI is InChI=1S/C9H11ClN2/c10-8-5-6(11)1-2-7(8)9(12)3-4-9/h1-2,5H,3-4,11-12H2. The highest BCUT2D eigenvalue weighted by atomic mass is 35.5. The van der Waals surface area contributed by atoms with Crippen molar-refractivity contribution in [2.24, 2.45) is 5.73 Å². The molecule has 0 unspecified atom stereocenters. The van der Waals surface area contributed by atoms with Crippen LogP contribution in [0.4, 0.5) is 5.69 Å². The number of hydrogen-bond donors (Lipinski definition) is 2. The van der Waals surface area contributed by atoms with Gasteiger partial charge in [-0.2, -0.15) is 0 Å². The molecule has 1 fully saturated rings. The fourth-order valence-corrected chi connectivity index (χ4v) is 1.72. The van der Waals surface area contributed by atoms with Crippen LogP contribution < -0.4 is 11.5 Å². The molecule has 1 aromatic rings. The lowest BCUT2D eigenvalue weighted by Crippen LogP contribution is -2.19. The highest BCUT2D eigenvalue weighted by Gasteiger charge is 2.41. The Balaban J connectivity index is 2.45. The maximum absolute atomic E-state index is 5.99. The van der Waals surface area contributed by atoms with E-state index in [1.165, 1.54) is 0 Å². The van der Waals surface area contributed by atoms with Crippen LogP contribution in [0.2, 0.25) is 5.02 Å². The third-order valence-electron chi connectivity index (χ3n) is 2.32. The van der Waals surface area contributed by atoms with Gasteiger partial charge in [-0.3, -0.25) is 0 Å². The van der Waals surface area contributed by atoms with E-state index >= 15 is 0 Å². The number of nitrogen functional groups attached to an aromatic ring is 1. The fourth-order valence-electron chi connectivity index (χ4n) is 1.34. The smallest absolute Gasteiger partial charge is 0.0477 e. The molecule has 0 aliphatic heterocycles. The van der Waals surface area contributed by atoms with Gasteiger partial charge in [0.15, 0.2) is 0 Å². The fraction of sp³-hybridized carbons (Fsp3) is 0.333. The second kappa shape index (κ2) is 2.38. The molecule has 4 N–H and O–H groups in total. The maximum atomic E-state index is 5.99. The minimum absolute atomic E-state index is 0.162. The van der Waals surface area contributed by atoms with Crippen molar-refractivity contribution in [2.75, 3.05) is 5.73 Å². The number of halogens is 1. The molecule has 0 aromatic heterocycles. The first-order valence-corrected chi connectivity index (χ1v) is 4.34. The molecule has 1 aromatic carbocycles. The summed E-state index contributed by atoms with van der Waals surface area (Å²) in [5.74, 6) is 0. The van der Waals surface area contributed by atoms with E-state index in [2.05, 4.69) is 0 Å². The van der Waals surface area contributed by atoms with E-state index in [-0.39, 0.29) is 5.54 Å². The molecular formula is C9H11ClN2. The van der Waals surface area contributed by atoms with E-state index in [1.807, 2.05) is 12.1 Å². The van der Waals surface area contributed by atoms with Crippen LogP contribution in [0.25, 0.3) is 0 Å². The average Bonchev–Trinajstić information content (AvgIpc) is 2.68. The Bertz CT molecular complexity index is 318. The third-order valence-corrected chi connectivity index (χ3v) is 2.63. The summed E-state index contributed by atoms with van der Waals surface area (Å²) in [5.41, 5.74) is 13.1. The number of nitrogens with two attached hydrogens (primary N) is 2. The van der Waals surface area contributed by atoms with E-state index in [0.29, 0.717) is 10.7 Å². The molecule has 2 rings (SSSR count). The predicted octanol–water partition coefficient (Wildman–Crippen LogP) is 1.87. The van der Waals surface area contributed by atoms with Crippen molar-refractivity contribution in [3.63, 3.8) is 0 Å². The summed E-state index contributed by atoms with van der Waals surface area (Å²) >= 11 is 5.99. The van der Waals surface area contributed by atoms with Gasteiger partial charge in [0.1, 0.15) is 0 Å². The highest BCUT2D eigenvalue weighted by molar-refractivity contribution is 6.31. The first-order chi connectivity index (χ1) is 5.62. The van der Waals surface area contributed by atoms with Gasteiger partial charge in [0, 0.05) is 16.2 Å². The first kappa shape index (κ1) is 7.90. The highest BCUT2D eigenvalue weighted by Crippen LogP contribution is 2.45. The van der Waals surface area contributed by atoms with Crippen LogP contribution in [0.5, 0.6) is 0 Å². The van der Waals surface area contributed by atoms with Crippen molar-refractivity contribution in [3.05, 3.63) is 28.8 Å². The van der Waals surface area contributed by atoms with Crippen molar-refractivity contribution < 1.29 is 0 Å². The summed E-state index contributed by atoms with van der Waals surface area (Å²) in [7, 11) is 0. The second-order valence-electron chi connectivity index (χ2n) is 3.40. The van der Waals surface area contributed by atoms with E-state index in [9.17, 15) is 0 Å². The molecule has 3 heteroatoms. The Morgan fingerprint density at radius 2 is 2.00 bits per heavy atom. The molecule has 2 nitrogen and oxygen atoms in total. The SMILES string of the molecule is Nc1ccc(C2(N)CC2)c(Cl)c1. The number of hydrogen-bond acceptors (Lipinski definition) is 2. The third kappa shape index (κ3) is 1.17. The lowest BCUT2D eigenvalue weighted by atomic mass is 10.1. The predicted molar refractivity (Wildman–Crippen MR) is 51.0 cm³/mol. The number of anilines is 1. The van der Waals surface area contributed by atoms with Crippen LogP contribution in [0.3, 0.4) is 0 Å². The van der Waals surface area contributed by atoms with Crippen LogP contribution in [-0.2, 0) is 5.54 Å². The first-order valence-electron chi connectivity index (χ1n) is 3.96. The summed E-state index contributed by atoms with van der Waals surface area (Å²) in [6.45, 7) is 0. The van der Waals surface area contributed by atoms with Crippen molar-refractivity contribution >= 4 is 17.3 Å². The van der Waals surface area contributed by atoms with Crippen molar-refractivity contribution in [1.29, 1.82) is 0 Å². The molecule has 0 bridgehead atoms. The van der Waals surface area contributed by atoms with E-state index < -0.39 is 0 Å². The van der Waals surface area contributed by atoms with Crippen LogP contribution in [0.15, 0.2) is 18.2 Å². The van der Waals surface area contributed by atoms with E-state index in [1.54, 1.807) is 6.07 Å². The Hall–Kier alpha value is -0.730. The van der Waals surface area contributed by atoms with Crippen molar-refractivity contribution in [3.8, 4) is 0 Å². The molecule has 0 amide bonds. The Kier molecular flexibility index (Phi) is 1.56. The van der Waals surface area contributed by atoms with Gasteiger partial charge in [0.25, 0.3) is 0 Å². The molecule has 1 saturated carbocycles. The lowest BCUT2D eigenvalue weighted by Gasteiger charge is -2.11. The zero-order valence-corrected chi connectivity index (χ0v) is 7.43. The maximum Gasteiger partial charge on any atom is 0.0477 e. The van der Waals surface area contributed by atoms with Crippen LogP contribution in [0, 0.1) is 0 Å². The number of benzene rings is 1. The molecule has 0 saturated heterocycles. The van der Waals surface area contributed by atoms with Gasteiger partial charge in [0.05, 0.1) is 0 Å². The van der Waals surface area contributed by atoms with Gasteiger partial charge < -0.3 is 11.5 Å². The lowest BCUT2D eigenvalue weighted by molar-refractivity contribution is 0.741. The Labute approximate surface area is 76.5 Å². The van der Waals surface area contributed by atoms with E-state index in [4.69, 9.17) is 23.1 Å². The van der Waals surface area contributed by atoms with Gasteiger partial charge >= 0.3 is 0 Å². The summed E-state index contributed by atoms with van der Waals surface area (Å²) < 4.78 is 0. The van der Waals surface area contributed by atoms with Gasteiger partial charge in [-0.25, -0.2) is 0 Å². The molecule has 0 radical (unpaired) electrons. The van der Waals surface area contributed by atoms with Gasteiger partial charge in [-0.1, -0.05) is 17.7 Å². The molecule has 0 spiro atoms. The van der Waals surface area contributed by atoms with Crippen LogP contribution in [0.1, 0.15) is 18.4 Å². The van der Waals surface area contributed by atoms with Gasteiger partial charge in [-0.05, 0) is 30.5 Å². The Morgan fingerprint density at radius 3 is 2.50 bits per heavy atom. The van der Waals surface area contributed by atoms with Gasteiger partial charge in [0.2, 0.25) is 0 Å². The zero-order chi connectivity index (χ0) is 8.77. The minimum atomic E-state index is -0.162. The molecule has 12 heavy (non-hydrogen) atoms. The van der Waals surface area contributed by atoms with Crippen molar-refractivity contribution in [1.82, 2.24) is 0 Å². The minimum Gasteiger partial charge on any atom is -0.399 e. The zero-order valence-electron chi connectivity index (χ0n) is 6.68. The average molecular weight is 183 g/mol. The normalized spacial score (nSPS) is 19.2. The quantitative estimate of drug-likeness (QED) is 0.652. The number of rotatable bonds is 1. The topological polar surface area (TPSA) is 52.0 Å². The largest absolute Gasteiger partial charge is 0.399 e. The van der Waals surface area contributed by atoms with Crippen molar-refractivity contribution in [2.45, 2.75) is 18.4 Å². The molecule has 0 atom stereocenters. The second-order valence-corrected chi connectivity index (χ2v) is 3.80. The molecule has 1 aliphatic carbocycles. The Morgan fingerprint density at radius 1 is 1.33 bits per heavy atom. The molecule has 1 aliphatic rings.